The third-order valence-electron chi connectivity index (χ3n) is 17.2. The number of anilines is 1. The molecule has 0 aliphatic rings. The van der Waals surface area contributed by atoms with E-state index in [0.29, 0.717) is 84.7 Å². The fraction of sp³-hybridized carbons (Fsp3) is 0.271. The number of nitrogen functional groups attached to an aromatic ring is 1. The molecule has 0 atom stereocenters. The van der Waals surface area contributed by atoms with Crippen LogP contribution in [0, 0.1) is 20.2 Å². The molecule has 36 nitrogen and oxygen atoms in total. The van der Waals surface area contributed by atoms with Gasteiger partial charge in [-0.05, 0) is 197 Å². The maximum atomic E-state index is 12.4. The highest BCUT2D eigenvalue weighted by molar-refractivity contribution is 6.31. The minimum atomic E-state index is -1.30. The minimum absolute atomic E-state index is 0.0353. The van der Waals surface area contributed by atoms with Crippen molar-refractivity contribution in [2.24, 2.45) is 5.73 Å². The summed E-state index contributed by atoms with van der Waals surface area (Å²) in [6, 6.07) is 44.4. The Bertz CT molecular complexity index is 5630. The van der Waals surface area contributed by atoms with Crippen LogP contribution in [0.15, 0.2) is 185 Å². The molecule has 0 unspecified atom stereocenters. The summed E-state index contributed by atoms with van der Waals surface area (Å²) in [6.45, 7) is 9.70. The Balaban J connectivity index is 0.000000234. The molecule has 7 heterocycles. The lowest BCUT2D eigenvalue weighted by molar-refractivity contribution is -0.389. The lowest BCUT2D eigenvalue weighted by atomic mass is 10.1. The molecule has 126 heavy (non-hydrogen) atoms. The SMILES string of the molecule is CCO/C=C(/C(C)=O)C(=O)OCC.CCOC(=O)c1cnc2cc(C(=O)CCCc3ccc(Cl)cc3)[nH]n2c1=O.CCOC(=O)c1cnc2cc(C(=O)CCCc3ccc(Cl)cc3)[nH]n2c1=O.NCCc1ccc(Cl)cc1.Nc1cc(C(=O)CCCc2ccc(Cl)cc2)[nH]n1.O=C(CCCc1ccc(Cl)cc1)c1cc([N+](=O)[O-])[nH]n1.O=C(O)c1cc([N+](=O)[O-])[nH]n1. The van der Waals surface area contributed by atoms with Crippen LogP contribution in [0.1, 0.15) is 187 Å². The highest BCUT2D eigenvalue weighted by Gasteiger charge is 2.22. The zero-order valence-corrected chi connectivity index (χ0v) is 72.4. The molecule has 0 fully saturated rings. The van der Waals surface area contributed by atoms with Crippen LogP contribution in [0.5, 0.6) is 0 Å². The first-order valence-electron chi connectivity index (χ1n) is 38.8. The fourth-order valence-corrected chi connectivity index (χ4v) is 11.5. The molecule has 0 saturated carbocycles. The standard InChI is InChI=1S/2C19H18ClN3O4.C13H12ClN3O3.C13H14ClN3O.C9H14O4.C8H10ClN.C4H3N3O4/c2*1-2-27-19(26)14-11-21-17-10-15(22-23(17)18(14)25)16(24)5-3-4-12-6-8-13(20)9-7-12;14-10-6-4-9(5-7-10)2-1-3-12(18)11-8-13(16-15-11)17(19)20;14-10-6-4-9(5-7-10)2-1-3-12(18)11-8-13(15)17-16-11;1-4-12-6-8(7(3)10)9(11)13-5-2;9-8-3-1-7(2-4-8)5-6-10;8-4(9)2-1-3(6-5-2)7(10)11/h2*6-11,22H,2-5H2,1H3;4-8H,1-3H2,(H,15,16);4-8H,1-3H2,(H3,15,16,17);6H,4-5H2,1-3H3;1-4H,5-6,10H2;1H,(H,5,6)(H,8,9)/b;;;;8-6-;;. The number of ether oxygens (including phenoxy) is 4. The molecule has 664 valence electrons. The number of carboxylic acid groups (broad SMARTS) is 1. The van der Waals surface area contributed by atoms with Crippen LogP contribution in [-0.4, -0.2) is 161 Å². The van der Waals surface area contributed by atoms with Crippen molar-refractivity contribution in [2.75, 3.05) is 38.7 Å². The predicted octanol–water partition coefficient (Wildman–Crippen LogP) is 15.1. The number of esters is 3. The summed E-state index contributed by atoms with van der Waals surface area (Å²) in [6.07, 6.45) is 11.6. The van der Waals surface area contributed by atoms with Crippen LogP contribution >= 0.6 is 58.0 Å². The third kappa shape index (κ3) is 33.9. The fourth-order valence-electron chi connectivity index (χ4n) is 10.9. The molecule has 0 bridgehead atoms. The van der Waals surface area contributed by atoms with E-state index in [4.69, 9.17) is 88.8 Å². The van der Waals surface area contributed by atoms with Crippen molar-refractivity contribution in [1.29, 1.82) is 0 Å². The van der Waals surface area contributed by atoms with Gasteiger partial charge in [-0.15, -0.1) is 10.2 Å². The molecule has 0 saturated heterocycles. The molecule has 7 aromatic heterocycles. The number of carbonyl (C=O) groups excluding carboxylic acids is 8. The largest absolute Gasteiger partial charge is 0.500 e. The summed E-state index contributed by atoms with van der Waals surface area (Å²) in [7, 11) is 0. The Hall–Kier alpha value is -13.7. The summed E-state index contributed by atoms with van der Waals surface area (Å²) in [4.78, 5) is 156. The zero-order chi connectivity index (χ0) is 92.4. The van der Waals surface area contributed by atoms with E-state index in [9.17, 15) is 73.0 Å². The molecule has 10 N–H and O–H groups in total. The molecule has 41 heteroatoms. The summed E-state index contributed by atoms with van der Waals surface area (Å²) in [5.41, 5.74) is 16.2. The quantitative estimate of drug-likeness (QED) is 0.00214. The average molecular weight is 1830 g/mol. The van der Waals surface area contributed by atoms with Gasteiger partial charge in [-0.25, -0.2) is 38.2 Å². The van der Waals surface area contributed by atoms with Crippen LogP contribution < -0.4 is 22.6 Å². The molecular formula is C85H89Cl5N16O20. The van der Waals surface area contributed by atoms with E-state index < -0.39 is 50.7 Å². The van der Waals surface area contributed by atoms with Crippen molar-refractivity contribution < 1.29 is 77.1 Å². The number of H-pyrrole nitrogens is 5. The summed E-state index contributed by atoms with van der Waals surface area (Å²) in [5, 5.41) is 55.0. The number of hydrogen-bond donors (Lipinski definition) is 8. The number of aryl methyl sites for hydroxylation is 4. The predicted molar refractivity (Wildman–Crippen MR) is 470 cm³/mol. The lowest BCUT2D eigenvalue weighted by Crippen LogP contribution is -2.24. The number of nitrogens with two attached hydrogens (primary N) is 2. The van der Waals surface area contributed by atoms with Crippen LogP contribution in [0.3, 0.4) is 0 Å². The summed E-state index contributed by atoms with van der Waals surface area (Å²) in [5.74, 6) is -4.56. The number of halogens is 5. The molecule has 0 amide bonds. The van der Waals surface area contributed by atoms with Gasteiger partial charge in [-0.2, -0.15) is 5.10 Å². The first-order valence-corrected chi connectivity index (χ1v) is 40.7. The van der Waals surface area contributed by atoms with Crippen molar-refractivity contribution in [3.05, 3.63) is 309 Å². The van der Waals surface area contributed by atoms with Crippen molar-refractivity contribution in [3.63, 3.8) is 0 Å². The number of aromatic nitrogens is 12. The number of nitrogens with zero attached hydrogens (tertiary/aromatic N) is 9. The van der Waals surface area contributed by atoms with E-state index in [1.54, 1.807) is 45.9 Å². The highest BCUT2D eigenvalue weighted by Crippen LogP contribution is 2.20. The number of nitrogens with one attached hydrogen (secondary N) is 5. The van der Waals surface area contributed by atoms with Crippen molar-refractivity contribution in [1.82, 2.24) is 59.8 Å². The van der Waals surface area contributed by atoms with Crippen molar-refractivity contribution in [2.45, 2.75) is 118 Å². The number of ketones is 5. The van der Waals surface area contributed by atoms with Gasteiger partial charge in [0, 0.05) is 81.4 Å². The Morgan fingerprint density at radius 1 is 0.460 bits per heavy atom. The maximum Gasteiger partial charge on any atom is 0.358 e. The number of nitro groups is 2. The average Bonchev–Trinajstić information content (AvgIpc) is 1.64. The van der Waals surface area contributed by atoms with E-state index in [1.807, 2.05) is 114 Å². The number of rotatable bonds is 34. The van der Waals surface area contributed by atoms with E-state index in [1.165, 1.54) is 30.2 Å². The first-order chi connectivity index (χ1) is 60.3. The maximum absolute atomic E-state index is 12.4. The van der Waals surface area contributed by atoms with E-state index in [2.05, 4.69) is 50.4 Å². The molecule has 12 aromatic rings. The van der Waals surface area contributed by atoms with Gasteiger partial charge in [0.1, 0.15) is 45.9 Å². The molecule has 5 aromatic carbocycles. The van der Waals surface area contributed by atoms with Crippen LogP contribution in [0.4, 0.5) is 17.5 Å². The molecule has 0 spiro atoms. The molecule has 0 radical (unpaired) electrons. The molecule has 0 aliphatic carbocycles. The highest BCUT2D eigenvalue weighted by atomic mass is 35.5. The van der Waals surface area contributed by atoms with Gasteiger partial charge in [0.2, 0.25) is 0 Å². The number of Topliss-reactive ketones (excluding diaryl/α,β-unsaturated/α-hetero) is 5. The summed E-state index contributed by atoms with van der Waals surface area (Å²) < 4.78 is 21.3. The first kappa shape index (κ1) is 101. The van der Waals surface area contributed by atoms with E-state index >= 15 is 0 Å². The van der Waals surface area contributed by atoms with Crippen LogP contribution in [0.2, 0.25) is 25.1 Å². The lowest BCUT2D eigenvalue weighted by Gasteiger charge is -2.03. The molecule has 0 aliphatic heterocycles. The van der Waals surface area contributed by atoms with Gasteiger partial charge in [0.15, 0.2) is 51.6 Å². The van der Waals surface area contributed by atoms with Crippen LogP contribution in [-0.2, 0) is 60.6 Å². The van der Waals surface area contributed by atoms with Gasteiger partial charge in [0.25, 0.3) is 11.1 Å². The number of benzene rings is 5. The molecular weight excluding hydrogens is 1740 g/mol. The zero-order valence-electron chi connectivity index (χ0n) is 68.7. The topological polar surface area (TPSA) is 535 Å². The number of fused-ring (bicyclic) bond motifs is 2. The number of hydrogen-bond acceptors (Lipinski definition) is 26. The second-order valence-electron chi connectivity index (χ2n) is 26.5. The third-order valence-corrected chi connectivity index (χ3v) is 18.5. The minimum Gasteiger partial charge on any atom is -0.500 e. The number of aromatic carboxylic acids is 1. The second kappa shape index (κ2) is 52.7. The Labute approximate surface area is 743 Å². The van der Waals surface area contributed by atoms with Gasteiger partial charge in [0.05, 0.1) is 38.6 Å². The Kier molecular flexibility index (Phi) is 42.3. The molecule has 12 rings (SSSR count). The summed E-state index contributed by atoms with van der Waals surface area (Å²) >= 11 is 29.0. The van der Waals surface area contributed by atoms with Gasteiger partial charge in [-0.1, -0.05) is 129 Å². The number of carbonyl (C=O) groups is 9. The van der Waals surface area contributed by atoms with Gasteiger partial charge >= 0.3 is 35.5 Å². The number of carboxylic acids is 1. The second-order valence-corrected chi connectivity index (χ2v) is 28.6. The van der Waals surface area contributed by atoms with Crippen molar-refractivity contribution in [3.8, 4) is 0 Å². The van der Waals surface area contributed by atoms with Crippen molar-refractivity contribution >= 4 is 140 Å². The van der Waals surface area contributed by atoms with E-state index in [-0.39, 0.29) is 105 Å². The monoisotopic (exact) mass is 1830 g/mol. The normalized spacial score (nSPS) is 10.5. The van der Waals surface area contributed by atoms with Gasteiger partial charge < -0.3 is 55.7 Å². The van der Waals surface area contributed by atoms with Crippen LogP contribution in [0.25, 0.3) is 11.3 Å². The number of aromatic amines is 5. The smallest absolute Gasteiger partial charge is 0.358 e. The Morgan fingerprint density at radius 2 is 0.802 bits per heavy atom. The van der Waals surface area contributed by atoms with Gasteiger partial charge in [-0.3, -0.25) is 48.9 Å². The van der Waals surface area contributed by atoms with E-state index in [0.717, 1.165) is 105 Å². The Morgan fingerprint density at radius 3 is 1.10 bits per heavy atom.